The monoisotopic (exact) mass is 116 g/mol. The molecule has 0 bridgehead atoms. The van der Waals surface area contributed by atoms with Gasteiger partial charge in [0.2, 0.25) is 0 Å². The van der Waals surface area contributed by atoms with Crippen molar-refractivity contribution < 1.29 is 5.11 Å². The predicted octanol–water partition coefficient (Wildman–Crippen LogP) is -1.20. The molecule has 1 rings (SSSR count). The van der Waals surface area contributed by atoms with Gasteiger partial charge in [0.15, 0.2) is 0 Å². The normalized spacial score (nSPS) is 47.6. The van der Waals surface area contributed by atoms with E-state index in [1.807, 2.05) is 0 Å². The maximum atomic E-state index is 8.96. The predicted molar refractivity (Wildman–Crippen MR) is 31.2 cm³/mol. The van der Waals surface area contributed by atoms with Crippen LogP contribution in [0.2, 0.25) is 0 Å². The number of hydrogen-bond acceptors (Lipinski definition) is 3. The summed E-state index contributed by atoms with van der Waals surface area (Å²) < 4.78 is 0. The molecular formula is C5H12N2O. The molecule has 8 heavy (non-hydrogen) atoms. The Labute approximate surface area is 48.7 Å². The van der Waals surface area contributed by atoms with Crippen LogP contribution < -0.4 is 11.5 Å². The lowest BCUT2D eigenvalue weighted by Crippen LogP contribution is -2.28. The van der Waals surface area contributed by atoms with Crippen molar-refractivity contribution in [2.45, 2.75) is 31.0 Å². The largest absolute Gasteiger partial charge is 0.391 e. The van der Waals surface area contributed by atoms with Crippen LogP contribution in [0.25, 0.3) is 0 Å². The van der Waals surface area contributed by atoms with Crippen LogP contribution in [0.4, 0.5) is 0 Å². The van der Waals surface area contributed by atoms with Crippen molar-refractivity contribution >= 4 is 0 Å². The molecule has 0 saturated heterocycles. The third-order valence-electron chi connectivity index (χ3n) is 1.61. The quantitative estimate of drug-likeness (QED) is 0.372. The van der Waals surface area contributed by atoms with E-state index in [9.17, 15) is 0 Å². The molecule has 0 amide bonds. The maximum Gasteiger partial charge on any atom is 0.0706 e. The van der Waals surface area contributed by atoms with Crippen LogP contribution >= 0.6 is 0 Å². The van der Waals surface area contributed by atoms with Gasteiger partial charge in [-0.3, -0.25) is 0 Å². The van der Waals surface area contributed by atoms with Crippen LogP contribution in [0.1, 0.15) is 12.8 Å². The highest BCUT2D eigenvalue weighted by Gasteiger charge is 2.27. The first-order valence-electron chi connectivity index (χ1n) is 2.89. The Hall–Kier alpha value is -0.120. The summed E-state index contributed by atoms with van der Waals surface area (Å²) >= 11 is 0. The zero-order valence-electron chi connectivity index (χ0n) is 4.75. The Balaban J connectivity index is 2.39. The molecule has 5 N–H and O–H groups in total. The molecule has 0 unspecified atom stereocenters. The second kappa shape index (κ2) is 2.01. The molecular weight excluding hydrogens is 104 g/mol. The summed E-state index contributed by atoms with van der Waals surface area (Å²) in [6.07, 6.45) is 1.08. The summed E-state index contributed by atoms with van der Waals surface area (Å²) in [5, 5.41) is 8.96. The maximum absolute atomic E-state index is 8.96. The Morgan fingerprint density at radius 1 is 1.25 bits per heavy atom. The van der Waals surface area contributed by atoms with Gasteiger partial charge in [0.05, 0.1) is 6.10 Å². The molecule has 0 radical (unpaired) electrons. The van der Waals surface area contributed by atoms with Gasteiger partial charge in [-0.1, -0.05) is 0 Å². The third-order valence-corrected chi connectivity index (χ3v) is 1.61. The second-order valence-electron chi connectivity index (χ2n) is 2.46. The average molecular weight is 116 g/mol. The Bertz CT molecular complexity index is 76.5. The lowest BCUT2D eigenvalue weighted by molar-refractivity contribution is 0.164. The molecule has 1 fully saturated rings. The molecule has 0 heterocycles. The van der Waals surface area contributed by atoms with E-state index in [1.165, 1.54) is 0 Å². The fraction of sp³-hybridized carbons (Fsp3) is 1.00. The minimum absolute atomic E-state index is 0.0787. The molecule has 0 spiro atoms. The number of rotatable bonds is 0. The molecule has 3 heteroatoms. The summed E-state index contributed by atoms with van der Waals surface area (Å²) in [5.41, 5.74) is 10.9. The highest BCUT2D eigenvalue weighted by atomic mass is 16.3. The molecule has 0 aromatic rings. The van der Waals surface area contributed by atoms with Gasteiger partial charge in [0, 0.05) is 12.1 Å². The zero-order chi connectivity index (χ0) is 6.15. The average Bonchev–Trinajstić information content (AvgIpc) is 1.85. The highest BCUT2D eigenvalue weighted by Crippen LogP contribution is 2.15. The van der Waals surface area contributed by atoms with Gasteiger partial charge in [0.1, 0.15) is 0 Å². The van der Waals surface area contributed by atoms with E-state index in [2.05, 4.69) is 0 Å². The fourth-order valence-corrected chi connectivity index (χ4v) is 1.09. The molecule has 3 atom stereocenters. The lowest BCUT2D eigenvalue weighted by Gasteiger charge is -2.04. The number of aliphatic hydroxyl groups is 1. The summed E-state index contributed by atoms with van der Waals surface area (Å²) in [6.45, 7) is 0. The van der Waals surface area contributed by atoms with E-state index in [1.54, 1.807) is 0 Å². The van der Waals surface area contributed by atoms with Crippen molar-refractivity contribution in [3.05, 3.63) is 0 Å². The third kappa shape index (κ3) is 0.992. The van der Waals surface area contributed by atoms with Crippen molar-refractivity contribution in [1.29, 1.82) is 0 Å². The second-order valence-corrected chi connectivity index (χ2v) is 2.46. The van der Waals surface area contributed by atoms with E-state index in [0.717, 1.165) is 6.42 Å². The molecule has 1 saturated carbocycles. The molecule has 1 aliphatic rings. The molecule has 1 aliphatic carbocycles. The molecule has 0 aromatic heterocycles. The van der Waals surface area contributed by atoms with Crippen LogP contribution in [0.15, 0.2) is 0 Å². The first-order valence-corrected chi connectivity index (χ1v) is 2.89. The van der Waals surface area contributed by atoms with E-state index >= 15 is 0 Å². The minimum Gasteiger partial charge on any atom is -0.391 e. The highest BCUT2D eigenvalue weighted by molar-refractivity contribution is 4.87. The fourth-order valence-electron chi connectivity index (χ4n) is 1.09. The Morgan fingerprint density at radius 3 is 2.00 bits per heavy atom. The summed E-state index contributed by atoms with van der Waals surface area (Å²) in [4.78, 5) is 0. The van der Waals surface area contributed by atoms with E-state index in [-0.39, 0.29) is 18.2 Å². The van der Waals surface area contributed by atoms with Gasteiger partial charge in [-0.15, -0.1) is 0 Å². The molecule has 48 valence electrons. The first kappa shape index (κ1) is 6.01. The molecule has 0 aromatic carbocycles. The van der Waals surface area contributed by atoms with Crippen LogP contribution in [-0.2, 0) is 0 Å². The number of nitrogens with two attached hydrogens (primary N) is 2. The van der Waals surface area contributed by atoms with Crippen LogP contribution in [-0.4, -0.2) is 23.3 Å². The van der Waals surface area contributed by atoms with E-state index < -0.39 is 0 Å². The van der Waals surface area contributed by atoms with Gasteiger partial charge >= 0.3 is 0 Å². The van der Waals surface area contributed by atoms with Crippen LogP contribution in [0, 0.1) is 0 Å². The van der Waals surface area contributed by atoms with Crippen molar-refractivity contribution in [3.8, 4) is 0 Å². The van der Waals surface area contributed by atoms with Gasteiger partial charge in [-0.2, -0.15) is 0 Å². The van der Waals surface area contributed by atoms with Crippen molar-refractivity contribution in [2.75, 3.05) is 0 Å². The first-order chi connectivity index (χ1) is 3.70. The minimum atomic E-state index is -0.356. The lowest BCUT2D eigenvalue weighted by atomic mass is 10.2. The number of aliphatic hydroxyl groups excluding tert-OH is 1. The van der Waals surface area contributed by atoms with E-state index in [0.29, 0.717) is 6.42 Å². The van der Waals surface area contributed by atoms with Gasteiger partial charge in [-0.25, -0.2) is 0 Å². The van der Waals surface area contributed by atoms with Crippen LogP contribution in [0.5, 0.6) is 0 Å². The van der Waals surface area contributed by atoms with Crippen molar-refractivity contribution in [3.63, 3.8) is 0 Å². The Kier molecular flexibility index (Phi) is 1.51. The van der Waals surface area contributed by atoms with Gasteiger partial charge < -0.3 is 16.6 Å². The van der Waals surface area contributed by atoms with Gasteiger partial charge in [0.25, 0.3) is 0 Å². The SMILES string of the molecule is N[C@H]1C[C@@H](N)[C@@H](O)C1. The summed E-state index contributed by atoms with van der Waals surface area (Å²) in [5.74, 6) is 0. The van der Waals surface area contributed by atoms with Crippen LogP contribution in [0.3, 0.4) is 0 Å². The molecule has 0 aliphatic heterocycles. The van der Waals surface area contributed by atoms with Crippen molar-refractivity contribution in [1.82, 2.24) is 0 Å². The Morgan fingerprint density at radius 2 is 1.88 bits per heavy atom. The molecule has 3 nitrogen and oxygen atoms in total. The topological polar surface area (TPSA) is 72.3 Å². The van der Waals surface area contributed by atoms with E-state index in [4.69, 9.17) is 16.6 Å². The smallest absolute Gasteiger partial charge is 0.0706 e. The zero-order valence-corrected chi connectivity index (χ0v) is 4.75. The number of hydrogen-bond donors (Lipinski definition) is 3. The summed E-state index contributed by atoms with van der Waals surface area (Å²) in [7, 11) is 0. The standard InChI is InChI=1S/C5H12N2O/c6-3-1-4(7)5(8)2-3/h3-5,8H,1-2,6-7H2/t3-,4+,5-/m0/s1. The van der Waals surface area contributed by atoms with Crippen molar-refractivity contribution in [2.24, 2.45) is 11.5 Å². The van der Waals surface area contributed by atoms with Gasteiger partial charge in [-0.05, 0) is 12.8 Å². The summed E-state index contributed by atoms with van der Waals surface area (Å²) in [6, 6.07) is 0.0463.